The Hall–Kier alpha value is -1.36. The van der Waals surface area contributed by atoms with E-state index in [1.165, 1.54) is 18.2 Å². The molecule has 154 valence electrons. The van der Waals surface area contributed by atoms with E-state index in [1.54, 1.807) is 0 Å². The molecule has 3 aliphatic rings. The molecule has 2 saturated carbocycles. The molecule has 7 heteroatoms. The van der Waals surface area contributed by atoms with E-state index in [0.717, 1.165) is 30.7 Å². The molecular formula is C21H30N2O4S. The maximum Gasteiger partial charge on any atom is 0.303 e. The van der Waals surface area contributed by atoms with Crippen molar-refractivity contribution in [3.8, 4) is 6.07 Å². The van der Waals surface area contributed by atoms with Gasteiger partial charge in [-0.25, -0.2) is 0 Å². The molecule has 0 radical (unpaired) electrons. The summed E-state index contributed by atoms with van der Waals surface area (Å²) in [6.45, 7) is 0. The first-order valence-electron chi connectivity index (χ1n) is 10.3. The zero-order valence-corrected chi connectivity index (χ0v) is 17.0. The molecule has 0 bridgehead atoms. The number of hydrogen-bond acceptors (Lipinski definition) is 6. The highest BCUT2D eigenvalue weighted by Gasteiger charge is 2.56. The lowest BCUT2D eigenvalue weighted by atomic mass is 9.82. The number of aliphatic carboxylic acids is 1. The SMILES string of the molecule is N#CC12CC(O)C(/C=C/C(O)C3CCCCC3)C1CC(SCCCC(=O)O)=N2. The Balaban J connectivity index is 1.61. The van der Waals surface area contributed by atoms with Crippen molar-refractivity contribution >= 4 is 22.8 Å². The van der Waals surface area contributed by atoms with Crippen molar-refractivity contribution in [2.45, 2.75) is 75.5 Å². The molecular weight excluding hydrogens is 376 g/mol. The molecule has 5 atom stereocenters. The fraction of sp³-hybridized carbons (Fsp3) is 0.762. The number of nitriles is 1. The molecule has 0 aromatic rings. The van der Waals surface area contributed by atoms with Gasteiger partial charge in [-0.15, -0.1) is 11.8 Å². The van der Waals surface area contributed by atoms with Gasteiger partial charge in [0, 0.05) is 31.1 Å². The Morgan fingerprint density at radius 1 is 1.39 bits per heavy atom. The van der Waals surface area contributed by atoms with Crippen molar-refractivity contribution in [1.29, 1.82) is 5.26 Å². The number of nitrogens with zero attached hydrogens (tertiary/aromatic N) is 2. The molecule has 5 unspecified atom stereocenters. The first-order chi connectivity index (χ1) is 13.4. The van der Waals surface area contributed by atoms with Gasteiger partial charge in [0.25, 0.3) is 0 Å². The van der Waals surface area contributed by atoms with Crippen LogP contribution in [-0.4, -0.2) is 49.8 Å². The third-order valence-corrected chi connectivity index (χ3v) is 7.51. The summed E-state index contributed by atoms with van der Waals surface area (Å²) in [5, 5.41) is 40.5. The van der Waals surface area contributed by atoms with E-state index < -0.39 is 23.7 Å². The first kappa shape index (κ1) is 21.4. The fourth-order valence-corrected chi connectivity index (χ4v) is 5.93. The van der Waals surface area contributed by atoms with E-state index in [1.807, 2.05) is 12.2 Å². The molecule has 1 aliphatic heterocycles. The van der Waals surface area contributed by atoms with Crippen LogP contribution in [0.5, 0.6) is 0 Å². The number of carbonyl (C=O) groups is 1. The van der Waals surface area contributed by atoms with E-state index in [9.17, 15) is 20.3 Å². The second-order valence-corrected chi connectivity index (χ2v) is 9.49. The summed E-state index contributed by atoms with van der Waals surface area (Å²) >= 11 is 1.53. The number of aliphatic imine (C=N–C) groups is 1. The Bertz CT molecular complexity index is 668. The van der Waals surface area contributed by atoms with E-state index in [2.05, 4.69) is 11.1 Å². The van der Waals surface area contributed by atoms with Crippen molar-refractivity contribution in [1.82, 2.24) is 0 Å². The lowest BCUT2D eigenvalue weighted by molar-refractivity contribution is -0.137. The van der Waals surface area contributed by atoms with Crippen molar-refractivity contribution in [3.63, 3.8) is 0 Å². The van der Waals surface area contributed by atoms with Gasteiger partial charge in [0.2, 0.25) is 0 Å². The van der Waals surface area contributed by atoms with Gasteiger partial charge in [-0.1, -0.05) is 31.4 Å². The summed E-state index contributed by atoms with van der Waals surface area (Å²) in [6.07, 6.45) is 9.96. The van der Waals surface area contributed by atoms with Crippen LogP contribution >= 0.6 is 11.8 Å². The number of aliphatic hydroxyl groups is 2. The molecule has 0 aromatic carbocycles. The minimum Gasteiger partial charge on any atom is -0.481 e. The quantitative estimate of drug-likeness (QED) is 0.442. The fourth-order valence-electron chi connectivity index (χ4n) is 4.88. The maximum atomic E-state index is 10.6. The highest BCUT2D eigenvalue weighted by Crippen LogP contribution is 2.50. The molecule has 0 spiro atoms. The molecule has 3 rings (SSSR count). The van der Waals surface area contributed by atoms with Crippen molar-refractivity contribution in [2.24, 2.45) is 22.7 Å². The van der Waals surface area contributed by atoms with Crippen LogP contribution in [0.25, 0.3) is 0 Å². The highest BCUT2D eigenvalue weighted by atomic mass is 32.2. The topological polar surface area (TPSA) is 114 Å². The molecule has 6 nitrogen and oxygen atoms in total. The number of carboxylic acids is 1. The largest absolute Gasteiger partial charge is 0.481 e. The third kappa shape index (κ3) is 4.79. The van der Waals surface area contributed by atoms with E-state index in [4.69, 9.17) is 5.11 Å². The normalized spacial score (nSPS) is 34.2. The van der Waals surface area contributed by atoms with E-state index >= 15 is 0 Å². The van der Waals surface area contributed by atoms with Gasteiger partial charge in [0.15, 0.2) is 5.54 Å². The van der Waals surface area contributed by atoms with Crippen LogP contribution in [0, 0.1) is 29.1 Å². The number of fused-ring (bicyclic) bond motifs is 1. The van der Waals surface area contributed by atoms with Crippen LogP contribution in [0.3, 0.4) is 0 Å². The second-order valence-electron chi connectivity index (χ2n) is 8.32. The van der Waals surface area contributed by atoms with Crippen LogP contribution in [0.15, 0.2) is 17.1 Å². The summed E-state index contributed by atoms with van der Waals surface area (Å²) in [4.78, 5) is 15.3. The van der Waals surface area contributed by atoms with E-state index in [-0.39, 0.29) is 18.3 Å². The van der Waals surface area contributed by atoms with E-state index in [0.29, 0.717) is 30.9 Å². The average molecular weight is 407 g/mol. The lowest BCUT2D eigenvalue weighted by Crippen LogP contribution is -2.27. The Kier molecular flexibility index (Phi) is 7.19. The Labute approximate surface area is 170 Å². The zero-order chi connectivity index (χ0) is 20.1. The molecule has 2 fully saturated rings. The second kappa shape index (κ2) is 9.43. The molecule has 28 heavy (non-hydrogen) atoms. The smallest absolute Gasteiger partial charge is 0.303 e. The zero-order valence-electron chi connectivity index (χ0n) is 16.2. The molecule has 0 amide bonds. The minimum atomic E-state index is -0.890. The Morgan fingerprint density at radius 2 is 2.14 bits per heavy atom. The average Bonchev–Trinajstić information content (AvgIpc) is 3.16. The summed E-state index contributed by atoms with van der Waals surface area (Å²) in [5.41, 5.74) is -0.890. The molecule has 3 N–H and O–H groups in total. The predicted molar refractivity (Wildman–Crippen MR) is 109 cm³/mol. The number of thioether (sulfide) groups is 1. The molecule has 1 heterocycles. The first-order valence-corrected chi connectivity index (χ1v) is 11.3. The monoisotopic (exact) mass is 406 g/mol. The summed E-state index contributed by atoms with van der Waals surface area (Å²) in [6, 6.07) is 2.34. The number of aliphatic hydroxyl groups excluding tert-OH is 2. The summed E-state index contributed by atoms with van der Waals surface area (Å²) < 4.78 is 0. The summed E-state index contributed by atoms with van der Waals surface area (Å²) in [5.74, 6) is -0.0975. The summed E-state index contributed by atoms with van der Waals surface area (Å²) in [7, 11) is 0. The third-order valence-electron chi connectivity index (χ3n) is 6.42. The van der Waals surface area contributed by atoms with Crippen LogP contribution in [0.1, 0.15) is 57.8 Å². The highest BCUT2D eigenvalue weighted by molar-refractivity contribution is 8.13. The minimum absolute atomic E-state index is 0.0794. The molecule has 0 saturated heterocycles. The van der Waals surface area contributed by atoms with Crippen LogP contribution < -0.4 is 0 Å². The van der Waals surface area contributed by atoms with Gasteiger partial charge in [-0.2, -0.15) is 5.26 Å². The number of carboxylic acid groups (broad SMARTS) is 1. The lowest BCUT2D eigenvalue weighted by Gasteiger charge is -2.25. The van der Waals surface area contributed by atoms with Gasteiger partial charge >= 0.3 is 5.97 Å². The van der Waals surface area contributed by atoms with Gasteiger partial charge in [0.1, 0.15) is 0 Å². The van der Waals surface area contributed by atoms with Gasteiger partial charge in [-0.3, -0.25) is 9.79 Å². The van der Waals surface area contributed by atoms with Crippen LogP contribution in [-0.2, 0) is 4.79 Å². The number of rotatable bonds is 7. The van der Waals surface area contributed by atoms with Gasteiger partial charge in [-0.05, 0) is 30.9 Å². The van der Waals surface area contributed by atoms with Crippen molar-refractivity contribution in [3.05, 3.63) is 12.2 Å². The van der Waals surface area contributed by atoms with Gasteiger partial charge < -0.3 is 15.3 Å². The predicted octanol–water partition coefficient (Wildman–Crippen LogP) is 3.14. The number of hydrogen-bond donors (Lipinski definition) is 3. The molecule has 0 aromatic heterocycles. The van der Waals surface area contributed by atoms with Crippen molar-refractivity contribution < 1.29 is 20.1 Å². The van der Waals surface area contributed by atoms with Crippen molar-refractivity contribution in [2.75, 3.05) is 5.75 Å². The van der Waals surface area contributed by atoms with Crippen LogP contribution in [0.2, 0.25) is 0 Å². The molecule has 2 aliphatic carbocycles. The maximum absolute atomic E-state index is 10.6. The van der Waals surface area contributed by atoms with Crippen LogP contribution in [0.4, 0.5) is 0 Å². The standard InChI is InChI=1S/C21H30N2O4S/c22-13-21-12-18(25)15(8-9-17(24)14-5-2-1-3-6-14)16(21)11-19(23-21)28-10-4-7-20(26)27/h8-9,14-18,24-25H,1-7,10-12H2,(H,26,27)/b9-8+. The van der Waals surface area contributed by atoms with Gasteiger partial charge in [0.05, 0.1) is 23.3 Å². The Morgan fingerprint density at radius 3 is 2.82 bits per heavy atom.